The van der Waals surface area contributed by atoms with E-state index in [2.05, 4.69) is 5.16 Å². The topological polar surface area (TPSA) is 83.6 Å². The van der Waals surface area contributed by atoms with Gasteiger partial charge in [0.2, 0.25) is 0 Å². The van der Waals surface area contributed by atoms with E-state index in [1.165, 1.54) is 0 Å². The lowest BCUT2D eigenvalue weighted by molar-refractivity contribution is 0.0682. The minimum atomic E-state index is -1.21. The first kappa shape index (κ1) is 10.4. The summed E-state index contributed by atoms with van der Waals surface area (Å²) in [4.78, 5) is 10.8. The lowest BCUT2D eigenvalue weighted by atomic mass is 10.1. The largest absolute Gasteiger partial charge is 0.476 e. The SMILES string of the molecule is O=C(O)c1noc(-c2ccccc2)c1CO. The molecule has 2 N–H and O–H groups in total. The molecule has 0 aliphatic heterocycles. The molecule has 1 heterocycles. The van der Waals surface area contributed by atoms with Crippen LogP contribution in [0.15, 0.2) is 34.9 Å². The fourth-order valence-electron chi connectivity index (χ4n) is 1.44. The molecule has 2 aromatic rings. The maximum Gasteiger partial charge on any atom is 0.358 e. The van der Waals surface area contributed by atoms with Crippen molar-refractivity contribution in [1.29, 1.82) is 0 Å². The first-order valence-corrected chi connectivity index (χ1v) is 4.62. The van der Waals surface area contributed by atoms with E-state index >= 15 is 0 Å². The second kappa shape index (κ2) is 4.16. The summed E-state index contributed by atoms with van der Waals surface area (Å²) in [5.74, 6) is -0.921. The Labute approximate surface area is 90.9 Å². The fraction of sp³-hybridized carbons (Fsp3) is 0.0909. The molecule has 0 radical (unpaired) electrons. The number of aromatic carboxylic acids is 1. The molecular formula is C11H9NO4. The van der Waals surface area contributed by atoms with Crippen molar-refractivity contribution in [2.45, 2.75) is 6.61 Å². The van der Waals surface area contributed by atoms with E-state index in [0.717, 1.165) is 0 Å². The maximum atomic E-state index is 10.8. The third-order valence-corrected chi connectivity index (χ3v) is 2.18. The molecule has 1 aromatic heterocycles. The molecule has 0 saturated heterocycles. The van der Waals surface area contributed by atoms with Crippen LogP contribution in [0.2, 0.25) is 0 Å². The van der Waals surface area contributed by atoms with E-state index in [1.807, 2.05) is 6.07 Å². The van der Waals surface area contributed by atoms with Crippen LogP contribution in [0.5, 0.6) is 0 Å². The molecule has 5 heteroatoms. The van der Waals surface area contributed by atoms with Gasteiger partial charge in [-0.2, -0.15) is 0 Å². The summed E-state index contributed by atoms with van der Waals surface area (Å²) in [7, 11) is 0. The van der Waals surface area contributed by atoms with Gasteiger partial charge in [-0.05, 0) is 0 Å². The monoisotopic (exact) mass is 219 g/mol. The van der Waals surface area contributed by atoms with Crippen molar-refractivity contribution >= 4 is 5.97 Å². The highest BCUT2D eigenvalue weighted by molar-refractivity contribution is 5.89. The Morgan fingerprint density at radius 2 is 2.00 bits per heavy atom. The molecule has 0 amide bonds. The molecule has 0 unspecified atom stereocenters. The Balaban J connectivity index is 2.54. The van der Waals surface area contributed by atoms with Gasteiger partial charge >= 0.3 is 5.97 Å². The normalized spacial score (nSPS) is 10.3. The minimum absolute atomic E-state index is 0.193. The van der Waals surface area contributed by atoms with Crippen molar-refractivity contribution in [2.24, 2.45) is 0 Å². The molecule has 0 aliphatic rings. The van der Waals surface area contributed by atoms with Crippen LogP contribution in [-0.4, -0.2) is 21.3 Å². The third-order valence-electron chi connectivity index (χ3n) is 2.18. The lowest BCUT2D eigenvalue weighted by Gasteiger charge is -1.97. The highest BCUT2D eigenvalue weighted by Gasteiger charge is 2.21. The number of hydrogen-bond donors (Lipinski definition) is 2. The minimum Gasteiger partial charge on any atom is -0.476 e. The number of hydrogen-bond acceptors (Lipinski definition) is 4. The van der Waals surface area contributed by atoms with Gasteiger partial charge in [0.1, 0.15) is 0 Å². The van der Waals surface area contributed by atoms with Gasteiger partial charge in [-0.25, -0.2) is 4.79 Å². The van der Waals surface area contributed by atoms with Gasteiger partial charge < -0.3 is 14.7 Å². The lowest BCUT2D eigenvalue weighted by Crippen LogP contribution is -2.01. The predicted molar refractivity (Wildman–Crippen MR) is 54.8 cm³/mol. The predicted octanol–water partition coefficient (Wildman–Crippen LogP) is 1.53. The summed E-state index contributed by atoms with van der Waals surface area (Å²) in [6.45, 7) is -0.421. The van der Waals surface area contributed by atoms with Gasteiger partial charge in [0, 0.05) is 5.56 Å². The van der Waals surface area contributed by atoms with Crippen LogP contribution < -0.4 is 0 Å². The van der Waals surface area contributed by atoms with E-state index in [-0.39, 0.29) is 11.3 Å². The van der Waals surface area contributed by atoms with E-state index < -0.39 is 12.6 Å². The Morgan fingerprint density at radius 3 is 2.56 bits per heavy atom. The van der Waals surface area contributed by atoms with E-state index in [1.54, 1.807) is 24.3 Å². The van der Waals surface area contributed by atoms with Crippen LogP contribution in [0, 0.1) is 0 Å². The summed E-state index contributed by atoms with van der Waals surface area (Å²) in [6, 6.07) is 8.92. The average Bonchev–Trinajstić information content (AvgIpc) is 2.73. The maximum absolute atomic E-state index is 10.8. The van der Waals surface area contributed by atoms with Crippen molar-refractivity contribution < 1.29 is 19.5 Å². The molecule has 0 spiro atoms. The van der Waals surface area contributed by atoms with Gasteiger partial charge in [-0.1, -0.05) is 35.5 Å². The number of aliphatic hydroxyl groups excluding tert-OH is 1. The first-order valence-electron chi connectivity index (χ1n) is 4.62. The molecule has 16 heavy (non-hydrogen) atoms. The first-order chi connectivity index (χ1) is 7.74. The quantitative estimate of drug-likeness (QED) is 0.817. The summed E-state index contributed by atoms with van der Waals surface area (Å²) >= 11 is 0. The number of aromatic nitrogens is 1. The van der Waals surface area contributed by atoms with Crippen molar-refractivity contribution in [3.05, 3.63) is 41.6 Å². The molecule has 82 valence electrons. The van der Waals surface area contributed by atoms with Crippen molar-refractivity contribution in [3.63, 3.8) is 0 Å². The molecule has 5 nitrogen and oxygen atoms in total. The van der Waals surface area contributed by atoms with Gasteiger partial charge in [0.15, 0.2) is 11.5 Å². The van der Waals surface area contributed by atoms with Crippen LogP contribution in [0.4, 0.5) is 0 Å². The van der Waals surface area contributed by atoms with E-state index in [0.29, 0.717) is 11.3 Å². The Morgan fingerprint density at radius 1 is 1.31 bits per heavy atom. The molecule has 0 aliphatic carbocycles. The van der Waals surface area contributed by atoms with Crippen LogP contribution >= 0.6 is 0 Å². The van der Waals surface area contributed by atoms with Crippen LogP contribution in [-0.2, 0) is 6.61 Å². The Kier molecular flexibility index (Phi) is 2.70. The van der Waals surface area contributed by atoms with Gasteiger partial charge in [0.25, 0.3) is 0 Å². The number of carboxylic acids is 1. The zero-order chi connectivity index (χ0) is 11.5. The van der Waals surface area contributed by atoms with Crippen LogP contribution in [0.1, 0.15) is 16.1 Å². The zero-order valence-electron chi connectivity index (χ0n) is 8.25. The number of benzene rings is 1. The molecule has 2 rings (SSSR count). The van der Waals surface area contributed by atoms with E-state index in [4.69, 9.17) is 14.7 Å². The van der Waals surface area contributed by atoms with Gasteiger partial charge in [-0.15, -0.1) is 0 Å². The Hall–Kier alpha value is -2.14. The molecule has 0 fully saturated rings. The average molecular weight is 219 g/mol. The van der Waals surface area contributed by atoms with Crippen LogP contribution in [0.3, 0.4) is 0 Å². The number of carbonyl (C=O) groups is 1. The van der Waals surface area contributed by atoms with E-state index in [9.17, 15) is 4.79 Å². The number of nitrogens with zero attached hydrogens (tertiary/aromatic N) is 1. The van der Waals surface area contributed by atoms with Crippen molar-refractivity contribution in [1.82, 2.24) is 5.16 Å². The Bertz CT molecular complexity index is 504. The molecular weight excluding hydrogens is 210 g/mol. The summed E-state index contributed by atoms with van der Waals surface area (Å²) in [5, 5.41) is 21.4. The summed E-state index contributed by atoms with van der Waals surface area (Å²) < 4.78 is 4.94. The highest BCUT2D eigenvalue weighted by Crippen LogP contribution is 2.26. The summed E-state index contributed by atoms with van der Waals surface area (Å²) in [6.07, 6.45) is 0. The molecule has 1 aromatic carbocycles. The molecule has 0 saturated carbocycles. The van der Waals surface area contributed by atoms with Crippen molar-refractivity contribution in [2.75, 3.05) is 0 Å². The second-order valence-electron chi connectivity index (χ2n) is 3.17. The second-order valence-corrected chi connectivity index (χ2v) is 3.17. The molecule has 0 bridgehead atoms. The van der Waals surface area contributed by atoms with Gasteiger partial charge in [0.05, 0.1) is 12.2 Å². The smallest absolute Gasteiger partial charge is 0.358 e. The molecule has 0 atom stereocenters. The van der Waals surface area contributed by atoms with Gasteiger partial charge in [-0.3, -0.25) is 0 Å². The number of carboxylic acid groups (broad SMARTS) is 1. The van der Waals surface area contributed by atoms with Crippen LogP contribution in [0.25, 0.3) is 11.3 Å². The highest BCUT2D eigenvalue weighted by atomic mass is 16.5. The summed E-state index contributed by atoms with van der Waals surface area (Å²) in [5.41, 5.74) is 0.631. The third kappa shape index (κ3) is 1.68. The standard InChI is InChI=1S/C11H9NO4/c13-6-8-9(11(14)15)12-16-10(8)7-4-2-1-3-5-7/h1-5,13H,6H2,(H,14,15). The number of rotatable bonds is 3. The fourth-order valence-corrected chi connectivity index (χ4v) is 1.44. The zero-order valence-corrected chi connectivity index (χ0v) is 8.25. The number of aliphatic hydroxyl groups is 1. The van der Waals surface area contributed by atoms with Crippen molar-refractivity contribution in [3.8, 4) is 11.3 Å².